The average Bonchev–Trinajstić information content (AvgIpc) is 2.73. The van der Waals surface area contributed by atoms with E-state index in [1.54, 1.807) is 48.5 Å². The molecule has 29 heavy (non-hydrogen) atoms. The third-order valence-electron chi connectivity index (χ3n) is 4.21. The van der Waals surface area contributed by atoms with Crippen molar-refractivity contribution in [2.24, 2.45) is 0 Å². The maximum Gasteiger partial charge on any atom is 0.162 e. The van der Waals surface area contributed by atoms with Crippen molar-refractivity contribution in [1.29, 1.82) is 5.26 Å². The highest BCUT2D eigenvalue weighted by Crippen LogP contribution is 2.36. The summed E-state index contributed by atoms with van der Waals surface area (Å²) in [7, 11) is 1.52. The Morgan fingerprint density at radius 2 is 1.86 bits per heavy atom. The van der Waals surface area contributed by atoms with Crippen molar-refractivity contribution in [3.8, 4) is 17.6 Å². The summed E-state index contributed by atoms with van der Waals surface area (Å²) in [6.45, 7) is 0.0632. The molecule has 6 heteroatoms. The van der Waals surface area contributed by atoms with Gasteiger partial charge in [0.2, 0.25) is 0 Å². The molecule has 0 saturated heterocycles. The number of hydrogen-bond donors (Lipinski definition) is 0. The van der Waals surface area contributed by atoms with Crippen LogP contribution in [0.3, 0.4) is 0 Å². The lowest BCUT2D eigenvalue weighted by Gasteiger charge is -2.13. The van der Waals surface area contributed by atoms with Crippen molar-refractivity contribution < 1.29 is 13.9 Å². The summed E-state index contributed by atoms with van der Waals surface area (Å²) in [5.74, 6) is 0.590. The van der Waals surface area contributed by atoms with E-state index in [1.807, 2.05) is 12.1 Å². The van der Waals surface area contributed by atoms with Gasteiger partial charge in [-0.25, -0.2) is 4.39 Å². The molecule has 3 aromatic carbocycles. The van der Waals surface area contributed by atoms with Gasteiger partial charge in [0.05, 0.1) is 18.8 Å². The van der Waals surface area contributed by atoms with Gasteiger partial charge in [-0.3, -0.25) is 0 Å². The van der Waals surface area contributed by atoms with Crippen LogP contribution in [0.15, 0.2) is 65.1 Å². The van der Waals surface area contributed by atoms with Gasteiger partial charge in [0, 0.05) is 20.6 Å². The van der Waals surface area contributed by atoms with Gasteiger partial charge in [-0.05, 0) is 35.9 Å². The summed E-state index contributed by atoms with van der Waals surface area (Å²) in [5.41, 5.74) is 2.22. The highest BCUT2D eigenvalue weighted by atomic mass is 79.9. The molecule has 0 radical (unpaired) electrons. The van der Waals surface area contributed by atoms with Gasteiger partial charge in [0.15, 0.2) is 11.5 Å². The second kappa shape index (κ2) is 9.60. The number of nitriles is 1. The first-order valence-electron chi connectivity index (χ1n) is 8.64. The van der Waals surface area contributed by atoms with Crippen LogP contribution in [0.5, 0.6) is 11.5 Å². The molecule has 0 spiro atoms. The summed E-state index contributed by atoms with van der Waals surface area (Å²) in [4.78, 5) is 0. The fourth-order valence-corrected chi connectivity index (χ4v) is 3.38. The van der Waals surface area contributed by atoms with Crippen molar-refractivity contribution in [2.75, 3.05) is 7.11 Å². The monoisotopic (exact) mass is 471 g/mol. The van der Waals surface area contributed by atoms with Crippen molar-refractivity contribution >= 4 is 39.2 Å². The standard InChI is InChI=1S/C23H16BrClFNO2/c1-28-22-11-16(10-17(13-27)18-7-3-4-8-20(18)25)19(24)12-23(22)29-14-15-6-2-5-9-21(15)26/h2-12H,14H2,1H3. The van der Waals surface area contributed by atoms with Crippen LogP contribution in [0.2, 0.25) is 5.02 Å². The smallest absolute Gasteiger partial charge is 0.162 e. The minimum absolute atomic E-state index is 0.0632. The minimum atomic E-state index is -0.330. The quantitative estimate of drug-likeness (QED) is 0.290. The number of hydrogen-bond acceptors (Lipinski definition) is 3. The summed E-state index contributed by atoms with van der Waals surface area (Å²) in [5, 5.41) is 10.1. The van der Waals surface area contributed by atoms with Crippen LogP contribution >= 0.6 is 27.5 Å². The molecule has 0 aromatic heterocycles. The number of ether oxygens (including phenoxy) is 2. The summed E-state index contributed by atoms with van der Waals surface area (Å²) >= 11 is 9.72. The Hall–Kier alpha value is -2.81. The zero-order chi connectivity index (χ0) is 20.8. The number of halogens is 3. The van der Waals surface area contributed by atoms with E-state index in [9.17, 15) is 9.65 Å². The van der Waals surface area contributed by atoms with Crippen LogP contribution in [0.25, 0.3) is 11.6 Å². The summed E-state index contributed by atoms with van der Waals surface area (Å²) in [6.07, 6.45) is 1.72. The Kier molecular flexibility index (Phi) is 6.92. The first-order valence-corrected chi connectivity index (χ1v) is 9.81. The Labute approximate surface area is 182 Å². The molecule has 3 nitrogen and oxygen atoms in total. The molecule has 0 bridgehead atoms. The zero-order valence-corrected chi connectivity index (χ0v) is 17.8. The van der Waals surface area contributed by atoms with E-state index in [2.05, 4.69) is 22.0 Å². The van der Waals surface area contributed by atoms with Gasteiger partial charge in [0.1, 0.15) is 12.4 Å². The first kappa shape index (κ1) is 20.9. The third-order valence-corrected chi connectivity index (χ3v) is 5.22. The molecule has 0 aliphatic carbocycles. The Morgan fingerprint density at radius 3 is 2.55 bits per heavy atom. The van der Waals surface area contributed by atoms with Gasteiger partial charge in [-0.15, -0.1) is 0 Å². The third kappa shape index (κ3) is 4.97. The van der Waals surface area contributed by atoms with Crippen molar-refractivity contribution in [3.05, 3.63) is 92.7 Å². The molecular formula is C23H16BrClFNO2. The maximum absolute atomic E-state index is 13.8. The number of allylic oxidation sites excluding steroid dienone is 1. The lowest BCUT2D eigenvalue weighted by molar-refractivity contribution is 0.279. The topological polar surface area (TPSA) is 42.2 Å². The normalized spacial score (nSPS) is 11.1. The average molecular weight is 473 g/mol. The van der Waals surface area contributed by atoms with Crippen LogP contribution < -0.4 is 9.47 Å². The number of rotatable bonds is 6. The lowest BCUT2D eigenvalue weighted by atomic mass is 10.0. The van der Waals surface area contributed by atoms with Crippen LogP contribution in [0, 0.1) is 17.1 Å². The Bertz CT molecular complexity index is 1110. The Balaban J connectivity index is 1.93. The van der Waals surface area contributed by atoms with Crippen molar-refractivity contribution in [3.63, 3.8) is 0 Å². The van der Waals surface area contributed by atoms with E-state index >= 15 is 0 Å². The molecule has 146 valence electrons. The second-order valence-corrected chi connectivity index (χ2v) is 7.32. The SMILES string of the molecule is COc1cc(C=C(C#N)c2ccccc2Cl)c(Br)cc1OCc1ccccc1F. The highest BCUT2D eigenvalue weighted by Gasteiger charge is 2.13. The molecule has 0 aliphatic rings. The fraction of sp³-hybridized carbons (Fsp3) is 0.0870. The van der Waals surface area contributed by atoms with E-state index in [0.29, 0.717) is 37.7 Å². The molecule has 0 amide bonds. The molecule has 0 saturated carbocycles. The number of nitrogens with zero attached hydrogens (tertiary/aromatic N) is 1. The van der Waals surface area contributed by atoms with E-state index in [-0.39, 0.29) is 12.4 Å². The van der Waals surface area contributed by atoms with Crippen molar-refractivity contribution in [2.45, 2.75) is 6.61 Å². The van der Waals surface area contributed by atoms with E-state index in [1.165, 1.54) is 13.2 Å². The van der Waals surface area contributed by atoms with Crippen LogP contribution in [0.4, 0.5) is 4.39 Å². The summed E-state index contributed by atoms with van der Waals surface area (Å²) in [6, 6.07) is 19.2. The fourth-order valence-electron chi connectivity index (χ4n) is 2.71. The predicted molar refractivity (Wildman–Crippen MR) is 116 cm³/mol. The Morgan fingerprint density at radius 1 is 1.14 bits per heavy atom. The van der Waals surface area contributed by atoms with Gasteiger partial charge in [-0.2, -0.15) is 5.26 Å². The largest absolute Gasteiger partial charge is 0.493 e. The maximum atomic E-state index is 13.8. The van der Waals surface area contributed by atoms with Crippen LogP contribution in [-0.2, 0) is 6.61 Å². The van der Waals surface area contributed by atoms with Gasteiger partial charge >= 0.3 is 0 Å². The van der Waals surface area contributed by atoms with Crippen LogP contribution in [0.1, 0.15) is 16.7 Å². The van der Waals surface area contributed by atoms with E-state index in [0.717, 1.165) is 5.56 Å². The lowest BCUT2D eigenvalue weighted by Crippen LogP contribution is -2.00. The molecule has 0 aliphatic heterocycles. The van der Waals surface area contributed by atoms with Gasteiger partial charge in [-0.1, -0.05) is 63.9 Å². The van der Waals surface area contributed by atoms with E-state index < -0.39 is 0 Å². The predicted octanol–water partition coefficient (Wildman–Crippen LogP) is 6.89. The molecule has 3 aromatic rings. The van der Waals surface area contributed by atoms with Crippen LogP contribution in [-0.4, -0.2) is 7.11 Å². The number of methoxy groups -OCH3 is 1. The minimum Gasteiger partial charge on any atom is -0.493 e. The first-order chi connectivity index (χ1) is 14.0. The van der Waals surface area contributed by atoms with E-state index in [4.69, 9.17) is 21.1 Å². The molecule has 3 rings (SSSR count). The van der Waals surface area contributed by atoms with Crippen molar-refractivity contribution in [1.82, 2.24) is 0 Å². The summed E-state index contributed by atoms with van der Waals surface area (Å²) < 4.78 is 25.7. The molecule has 0 N–H and O–H groups in total. The highest BCUT2D eigenvalue weighted by molar-refractivity contribution is 9.10. The molecule has 0 unspecified atom stereocenters. The second-order valence-electron chi connectivity index (χ2n) is 6.05. The zero-order valence-electron chi connectivity index (χ0n) is 15.5. The molecule has 0 heterocycles. The molecule has 0 atom stereocenters. The number of benzene rings is 3. The molecular weight excluding hydrogens is 457 g/mol. The molecule has 0 fully saturated rings. The van der Waals surface area contributed by atoms with Gasteiger partial charge < -0.3 is 9.47 Å². The van der Waals surface area contributed by atoms with Gasteiger partial charge in [0.25, 0.3) is 0 Å².